The lowest BCUT2D eigenvalue weighted by atomic mass is 9.83. The van der Waals surface area contributed by atoms with Gasteiger partial charge in [0, 0.05) is 25.5 Å². The molecule has 0 aliphatic carbocycles. The average molecular weight is 309 g/mol. The fraction of sp³-hybridized carbons (Fsp3) is 0.667. The minimum Gasteiger partial charge on any atom is -0.354 e. The van der Waals surface area contributed by atoms with Gasteiger partial charge in [-0.15, -0.1) is 24.8 Å². The number of carbonyl (C=O) groups is 1. The molecule has 110 valence electrons. The van der Waals surface area contributed by atoms with Gasteiger partial charge in [0.2, 0.25) is 5.91 Å². The van der Waals surface area contributed by atoms with Crippen LogP contribution in [0.15, 0.2) is 18.5 Å². The molecule has 1 amide bonds. The van der Waals surface area contributed by atoms with Gasteiger partial charge in [0.1, 0.15) is 6.54 Å². The number of nitrogens with one attached hydrogen (secondary N) is 2. The monoisotopic (exact) mass is 308 g/mol. The van der Waals surface area contributed by atoms with E-state index in [1.54, 1.807) is 17.1 Å². The summed E-state index contributed by atoms with van der Waals surface area (Å²) in [6.45, 7) is 5.33. The van der Waals surface area contributed by atoms with Gasteiger partial charge in [0.25, 0.3) is 0 Å². The number of hydrogen-bond acceptors (Lipinski definition) is 3. The highest BCUT2D eigenvalue weighted by Gasteiger charge is 2.26. The average Bonchev–Trinajstić information content (AvgIpc) is 2.80. The molecule has 1 aliphatic rings. The molecule has 1 aliphatic heterocycles. The number of nitrogens with zero attached hydrogens (tertiary/aromatic N) is 2. The first-order valence-corrected chi connectivity index (χ1v) is 6.13. The van der Waals surface area contributed by atoms with Gasteiger partial charge < -0.3 is 10.6 Å². The number of halogens is 2. The first-order valence-electron chi connectivity index (χ1n) is 6.13. The number of rotatable bonds is 4. The first kappa shape index (κ1) is 18.2. The van der Waals surface area contributed by atoms with Crippen molar-refractivity contribution in [2.24, 2.45) is 5.41 Å². The summed E-state index contributed by atoms with van der Waals surface area (Å²) in [4.78, 5) is 11.7. The summed E-state index contributed by atoms with van der Waals surface area (Å²) >= 11 is 0. The number of amides is 1. The van der Waals surface area contributed by atoms with Crippen molar-refractivity contribution in [3.05, 3.63) is 18.5 Å². The quantitative estimate of drug-likeness (QED) is 0.879. The third kappa shape index (κ3) is 5.80. The zero-order valence-electron chi connectivity index (χ0n) is 11.1. The molecule has 2 N–H and O–H groups in total. The summed E-state index contributed by atoms with van der Waals surface area (Å²) in [6, 6.07) is 1.82. The Labute approximate surface area is 126 Å². The van der Waals surface area contributed by atoms with Gasteiger partial charge in [-0.05, 0) is 30.9 Å². The van der Waals surface area contributed by atoms with Crippen molar-refractivity contribution in [2.45, 2.75) is 26.3 Å². The molecule has 1 unspecified atom stereocenters. The number of aromatic nitrogens is 2. The van der Waals surface area contributed by atoms with Crippen LogP contribution >= 0.6 is 24.8 Å². The Morgan fingerprint density at radius 3 is 2.89 bits per heavy atom. The van der Waals surface area contributed by atoms with Gasteiger partial charge in [-0.2, -0.15) is 5.10 Å². The van der Waals surface area contributed by atoms with Crippen LogP contribution in [0.5, 0.6) is 0 Å². The van der Waals surface area contributed by atoms with Crippen LogP contribution in [-0.2, 0) is 11.3 Å². The molecule has 0 spiro atoms. The molecular formula is C12H22Cl2N4O. The summed E-state index contributed by atoms with van der Waals surface area (Å²) in [5.74, 6) is 0.0282. The number of carbonyl (C=O) groups excluding carboxylic acids is 1. The fourth-order valence-electron chi connectivity index (χ4n) is 2.18. The van der Waals surface area contributed by atoms with Gasteiger partial charge in [0.15, 0.2) is 0 Å². The van der Waals surface area contributed by atoms with Crippen molar-refractivity contribution >= 4 is 30.7 Å². The van der Waals surface area contributed by atoms with E-state index in [0.717, 1.165) is 19.6 Å². The van der Waals surface area contributed by atoms with Gasteiger partial charge in [-0.3, -0.25) is 9.48 Å². The van der Waals surface area contributed by atoms with Crippen molar-refractivity contribution in [1.29, 1.82) is 0 Å². The highest BCUT2D eigenvalue weighted by Crippen LogP contribution is 2.23. The third-order valence-electron chi connectivity index (χ3n) is 3.26. The van der Waals surface area contributed by atoms with Gasteiger partial charge >= 0.3 is 0 Å². The van der Waals surface area contributed by atoms with Crippen molar-refractivity contribution < 1.29 is 4.79 Å². The molecule has 0 aromatic carbocycles. The van der Waals surface area contributed by atoms with Crippen molar-refractivity contribution in [3.63, 3.8) is 0 Å². The van der Waals surface area contributed by atoms with E-state index in [1.807, 2.05) is 6.07 Å². The lowest BCUT2D eigenvalue weighted by Gasteiger charge is -2.34. The Bertz CT molecular complexity index is 364. The minimum atomic E-state index is 0. The van der Waals surface area contributed by atoms with E-state index in [9.17, 15) is 4.79 Å². The van der Waals surface area contributed by atoms with Crippen molar-refractivity contribution in [3.8, 4) is 0 Å². The second-order valence-corrected chi connectivity index (χ2v) is 5.07. The SMILES string of the molecule is CC1(CNC(=O)Cn2cccn2)CCCNC1.Cl.Cl. The zero-order valence-corrected chi connectivity index (χ0v) is 12.7. The fourth-order valence-corrected chi connectivity index (χ4v) is 2.18. The van der Waals surface area contributed by atoms with Crippen LogP contribution < -0.4 is 10.6 Å². The maximum atomic E-state index is 11.7. The molecule has 1 aromatic heterocycles. The van der Waals surface area contributed by atoms with E-state index in [1.165, 1.54) is 12.8 Å². The molecule has 1 atom stereocenters. The summed E-state index contributed by atoms with van der Waals surface area (Å²) in [5.41, 5.74) is 0.192. The smallest absolute Gasteiger partial charge is 0.241 e. The van der Waals surface area contributed by atoms with E-state index < -0.39 is 0 Å². The highest BCUT2D eigenvalue weighted by atomic mass is 35.5. The largest absolute Gasteiger partial charge is 0.354 e. The second-order valence-electron chi connectivity index (χ2n) is 5.07. The van der Waals surface area contributed by atoms with Crippen molar-refractivity contribution in [1.82, 2.24) is 20.4 Å². The molecule has 19 heavy (non-hydrogen) atoms. The molecule has 1 fully saturated rings. The summed E-state index contributed by atoms with van der Waals surface area (Å²) in [5, 5.41) is 10.4. The summed E-state index contributed by atoms with van der Waals surface area (Å²) < 4.78 is 1.64. The van der Waals surface area contributed by atoms with Gasteiger partial charge in [-0.1, -0.05) is 6.92 Å². The number of hydrogen-bond donors (Lipinski definition) is 2. The normalized spacial score (nSPS) is 21.9. The first-order chi connectivity index (χ1) is 8.18. The minimum absolute atomic E-state index is 0. The Balaban J connectivity index is 0.00000162. The van der Waals surface area contributed by atoms with Crippen LogP contribution in [0.1, 0.15) is 19.8 Å². The lowest BCUT2D eigenvalue weighted by Crippen LogP contribution is -2.46. The molecule has 0 radical (unpaired) electrons. The Kier molecular flexibility index (Phi) is 8.06. The Morgan fingerprint density at radius 2 is 2.32 bits per heavy atom. The molecule has 2 rings (SSSR count). The maximum Gasteiger partial charge on any atom is 0.241 e. The van der Waals surface area contributed by atoms with Crippen LogP contribution in [0.3, 0.4) is 0 Å². The molecular weight excluding hydrogens is 287 g/mol. The molecule has 1 saturated heterocycles. The van der Waals surface area contributed by atoms with E-state index >= 15 is 0 Å². The van der Waals surface area contributed by atoms with Crippen molar-refractivity contribution in [2.75, 3.05) is 19.6 Å². The standard InChI is InChI=1S/C12H20N4O.2ClH/c1-12(4-2-5-13-9-12)10-14-11(17)8-16-7-3-6-15-16;;/h3,6-7,13H,2,4-5,8-10H2,1H3,(H,14,17);2*1H. The summed E-state index contributed by atoms with van der Waals surface area (Å²) in [6.07, 6.45) is 5.83. The topological polar surface area (TPSA) is 59.0 Å². The van der Waals surface area contributed by atoms with Crippen LogP contribution in [0.2, 0.25) is 0 Å². The van der Waals surface area contributed by atoms with Gasteiger partial charge in [-0.25, -0.2) is 0 Å². The van der Waals surface area contributed by atoms with E-state index in [0.29, 0.717) is 6.54 Å². The van der Waals surface area contributed by atoms with Crippen LogP contribution in [0.25, 0.3) is 0 Å². The zero-order chi connectivity index (χ0) is 12.1. The molecule has 1 aromatic rings. The van der Waals surface area contributed by atoms with E-state index in [4.69, 9.17) is 0 Å². The molecule has 0 bridgehead atoms. The van der Waals surface area contributed by atoms with Gasteiger partial charge in [0.05, 0.1) is 0 Å². The third-order valence-corrected chi connectivity index (χ3v) is 3.26. The predicted octanol–water partition coefficient (Wildman–Crippen LogP) is 1.23. The van der Waals surface area contributed by atoms with E-state index in [-0.39, 0.29) is 36.1 Å². The lowest BCUT2D eigenvalue weighted by molar-refractivity contribution is -0.122. The molecule has 0 saturated carbocycles. The van der Waals surface area contributed by atoms with E-state index in [2.05, 4.69) is 22.7 Å². The second kappa shape index (κ2) is 8.40. The molecule has 7 heteroatoms. The highest BCUT2D eigenvalue weighted by molar-refractivity contribution is 5.85. The number of piperidine rings is 1. The Morgan fingerprint density at radius 1 is 1.53 bits per heavy atom. The molecule has 2 heterocycles. The Hall–Kier alpha value is -0.780. The van der Waals surface area contributed by atoms with Crippen LogP contribution in [-0.4, -0.2) is 35.3 Å². The van der Waals surface area contributed by atoms with Crippen LogP contribution in [0, 0.1) is 5.41 Å². The predicted molar refractivity (Wildman–Crippen MR) is 79.9 cm³/mol. The summed E-state index contributed by atoms with van der Waals surface area (Å²) in [7, 11) is 0. The molecule has 5 nitrogen and oxygen atoms in total. The van der Waals surface area contributed by atoms with Crippen LogP contribution in [0.4, 0.5) is 0 Å². The maximum absolute atomic E-state index is 11.7.